The molecule has 2 atom stereocenters. The lowest BCUT2D eigenvalue weighted by Gasteiger charge is -2.29. The topological polar surface area (TPSA) is 73.5 Å². The van der Waals surface area contributed by atoms with Gasteiger partial charge in [-0.05, 0) is 50.9 Å². The van der Waals surface area contributed by atoms with Gasteiger partial charge in [0, 0.05) is 31.2 Å². The first-order valence-electron chi connectivity index (χ1n) is 9.33. The maximum Gasteiger partial charge on any atom is 0.254 e. The highest BCUT2D eigenvalue weighted by Gasteiger charge is 2.34. The highest BCUT2D eigenvalue weighted by atomic mass is 35.5. The molecule has 2 heterocycles. The van der Waals surface area contributed by atoms with Gasteiger partial charge in [-0.3, -0.25) is 9.59 Å². The Hall–Kier alpha value is -1.34. The molecule has 8 heteroatoms. The summed E-state index contributed by atoms with van der Waals surface area (Å²) in [4.78, 5) is 27.2. The van der Waals surface area contributed by atoms with Gasteiger partial charge in [0.2, 0.25) is 5.91 Å². The summed E-state index contributed by atoms with van der Waals surface area (Å²) in [5.74, 6) is 0.111. The second-order valence-corrected chi connectivity index (χ2v) is 6.82. The minimum atomic E-state index is -0.197. The summed E-state index contributed by atoms with van der Waals surface area (Å²) in [7, 11) is 0. The first kappa shape index (κ1) is 23.7. The number of nitrogens with one attached hydrogen (secondary N) is 3. The van der Waals surface area contributed by atoms with Crippen LogP contribution in [0.1, 0.15) is 36.0 Å². The molecule has 27 heavy (non-hydrogen) atoms. The summed E-state index contributed by atoms with van der Waals surface area (Å²) in [6.45, 7) is 3.96. The van der Waals surface area contributed by atoms with Crippen LogP contribution in [0.3, 0.4) is 0 Å². The van der Waals surface area contributed by atoms with E-state index in [4.69, 9.17) is 0 Å². The highest BCUT2D eigenvalue weighted by molar-refractivity contribution is 5.94. The average Bonchev–Trinajstić information content (AvgIpc) is 3.12. The van der Waals surface area contributed by atoms with E-state index >= 15 is 0 Å². The smallest absolute Gasteiger partial charge is 0.254 e. The summed E-state index contributed by atoms with van der Waals surface area (Å²) in [5, 5.41) is 9.72. The molecule has 1 aromatic rings. The van der Waals surface area contributed by atoms with Crippen molar-refractivity contribution in [2.75, 3.05) is 32.7 Å². The third kappa shape index (κ3) is 6.64. The van der Waals surface area contributed by atoms with E-state index in [1.54, 1.807) is 0 Å². The highest BCUT2D eigenvalue weighted by Crippen LogP contribution is 2.18. The number of nitrogens with zero attached hydrogens (tertiary/aromatic N) is 1. The molecule has 6 nitrogen and oxygen atoms in total. The van der Waals surface area contributed by atoms with Crippen LogP contribution in [0.15, 0.2) is 30.3 Å². The van der Waals surface area contributed by atoms with Crippen LogP contribution in [-0.4, -0.2) is 61.5 Å². The van der Waals surface area contributed by atoms with Crippen molar-refractivity contribution in [3.63, 3.8) is 0 Å². The summed E-state index contributed by atoms with van der Waals surface area (Å²) < 4.78 is 0. The predicted octanol–water partition coefficient (Wildman–Crippen LogP) is 1.59. The number of amides is 2. The van der Waals surface area contributed by atoms with Crippen molar-refractivity contribution in [2.45, 2.75) is 37.8 Å². The van der Waals surface area contributed by atoms with E-state index < -0.39 is 0 Å². The van der Waals surface area contributed by atoms with Gasteiger partial charge < -0.3 is 20.9 Å². The SMILES string of the molecule is Cl.Cl.O=C1NCCCCNCCCN(C(=O)c2ccccc2)[C@@H]2CN[C@H]1C2. The van der Waals surface area contributed by atoms with Crippen molar-refractivity contribution in [1.29, 1.82) is 0 Å². The number of carbonyl (C=O) groups is 2. The summed E-state index contributed by atoms with van der Waals surface area (Å²) in [6, 6.07) is 9.28. The molecule has 1 aromatic carbocycles. The predicted molar refractivity (Wildman–Crippen MR) is 112 cm³/mol. The van der Waals surface area contributed by atoms with Crippen molar-refractivity contribution in [2.24, 2.45) is 0 Å². The number of fused-ring (bicyclic) bond motifs is 2. The molecule has 0 saturated carbocycles. The van der Waals surface area contributed by atoms with Crippen molar-refractivity contribution < 1.29 is 9.59 Å². The number of halogens is 2. The van der Waals surface area contributed by atoms with Crippen LogP contribution in [0.25, 0.3) is 0 Å². The van der Waals surface area contributed by atoms with Crippen LogP contribution in [-0.2, 0) is 4.79 Å². The van der Waals surface area contributed by atoms with Gasteiger partial charge >= 0.3 is 0 Å². The summed E-state index contributed by atoms with van der Waals surface area (Å²) >= 11 is 0. The molecule has 0 aliphatic carbocycles. The molecular weight excluding hydrogens is 387 g/mol. The number of rotatable bonds is 1. The number of benzene rings is 1. The fourth-order valence-electron chi connectivity index (χ4n) is 3.56. The van der Waals surface area contributed by atoms with Gasteiger partial charge in [-0.25, -0.2) is 0 Å². The monoisotopic (exact) mass is 416 g/mol. The lowest BCUT2D eigenvalue weighted by molar-refractivity contribution is -0.122. The van der Waals surface area contributed by atoms with Gasteiger partial charge in [0.25, 0.3) is 5.91 Å². The van der Waals surface area contributed by atoms with Crippen molar-refractivity contribution >= 4 is 36.6 Å². The largest absolute Gasteiger partial charge is 0.355 e. The molecule has 2 aliphatic heterocycles. The maximum atomic E-state index is 13.0. The molecule has 3 rings (SSSR count). The molecular formula is C19H30Cl2N4O2. The third-order valence-electron chi connectivity index (χ3n) is 4.98. The van der Waals surface area contributed by atoms with Gasteiger partial charge in [0.15, 0.2) is 0 Å². The first-order chi connectivity index (χ1) is 12.3. The van der Waals surface area contributed by atoms with Gasteiger partial charge in [0.1, 0.15) is 0 Å². The molecule has 0 aromatic heterocycles. The minimum Gasteiger partial charge on any atom is -0.355 e. The number of hydrogen-bond acceptors (Lipinski definition) is 4. The molecule has 2 saturated heterocycles. The van der Waals surface area contributed by atoms with Gasteiger partial charge in [-0.15, -0.1) is 24.8 Å². The van der Waals surface area contributed by atoms with Crippen molar-refractivity contribution in [3.05, 3.63) is 35.9 Å². The van der Waals surface area contributed by atoms with Crippen molar-refractivity contribution in [1.82, 2.24) is 20.9 Å². The van der Waals surface area contributed by atoms with Gasteiger partial charge in [0.05, 0.1) is 6.04 Å². The van der Waals surface area contributed by atoms with Crippen molar-refractivity contribution in [3.8, 4) is 0 Å². The van der Waals surface area contributed by atoms with E-state index in [9.17, 15) is 9.59 Å². The lowest BCUT2D eigenvalue weighted by Crippen LogP contribution is -2.43. The molecule has 2 fully saturated rings. The zero-order chi connectivity index (χ0) is 17.5. The maximum absolute atomic E-state index is 13.0. The number of hydrogen-bond donors (Lipinski definition) is 3. The molecule has 152 valence electrons. The van der Waals surface area contributed by atoms with Crippen LogP contribution in [0.2, 0.25) is 0 Å². The Bertz CT molecular complexity index is 588. The van der Waals surface area contributed by atoms with Crippen LogP contribution in [0.5, 0.6) is 0 Å². The Morgan fingerprint density at radius 2 is 1.70 bits per heavy atom. The van der Waals surface area contributed by atoms with E-state index in [1.807, 2.05) is 35.2 Å². The van der Waals surface area contributed by atoms with E-state index in [0.717, 1.165) is 38.9 Å². The zero-order valence-electron chi connectivity index (χ0n) is 15.5. The Morgan fingerprint density at radius 1 is 1.00 bits per heavy atom. The fraction of sp³-hybridized carbons (Fsp3) is 0.579. The summed E-state index contributed by atoms with van der Waals surface area (Å²) in [6.07, 6.45) is 3.64. The average molecular weight is 417 g/mol. The molecule has 0 spiro atoms. The Labute approximate surface area is 173 Å². The second kappa shape index (κ2) is 12.2. The Kier molecular flexibility index (Phi) is 10.7. The third-order valence-corrected chi connectivity index (χ3v) is 4.98. The molecule has 2 bridgehead atoms. The van der Waals surface area contributed by atoms with Gasteiger partial charge in [-0.1, -0.05) is 18.2 Å². The standard InChI is InChI=1S/C19H28N4O2.2ClH/c24-18-17-13-16(14-22-17)23(19(25)15-7-2-1-3-8-15)12-6-10-20-9-4-5-11-21-18;;/h1-3,7-8,16-17,20,22H,4-6,9-14H2,(H,21,24);2*1H/t16-,17-;;/m0../s1. The van der Waals surface area contributed by atoms with Crippen LogP contribution in [0.4, 0.5) is 0 Å². The van der Waals surface area contributed by atoms with Crippen LogP contribution >= 0.6 is 24.8 Å². The fourth-order valence-corrected chi connectivity index (χ4v) is 3.56. The zero-order valence-corrected chi connectivity index (χ0v) is 17.1. The summed E-state index contributed by atoms with van der Waals surface area (Å²) in [5.41, 5.74) is 0.712. The van der Waals surface area contributed by atoms with Gasteiger partial charge in [-0.2, -0.15) is 0 Å². The molecule has 2 aliphatic rings. The Balaban J connectivity index is 0.00000182. The van der Waals surface area contributed by atoms with Crippen LogP contribution < -0.4 is 16.0 Å². The van der Waals surface area contributed by atoms with E-state index in [1.165, 1.54) is 0 Å². The second-order valence-electron chi connectivity index (χ2n) is 6.82. The number of carbonyl (C=O) groups excluding carboxylic acids is 2. The first-order valence-corrected chi connectivity index (χ1v) is 9.33. The molecule has 0 radical (unpaired) electrons. The lowest BCUT2D eigenvalue weighted by atomic mass is 10.1. The minimum absolute atomic E-state index is 0. The Morgan fingerprint density at radius 3 is 2.48 bits per heavy atom. The van der Waals surface area contributed by atoms with E-state index in [0.29, 0.717) is 25.1 Å². The van der Waals surface area contributed by atoms with E-state index in [2.05, 4.69) is 16.0 Å². The normalized spacial score (nSPS) is 24.0. The van der Waals surface area contributed by atoms with E-state index in [-0.39, 0.29) is 48.7 Å². The molecule has 2 amide bonds. The van der Waals surface area contributed by atoms with Crippen LogP contribution in [0, 0.1) is 0 Å². The molecule has 3 N–H and O–H groups in total. The quantitative estimate of drug-likeness (QED) is 0.649. The molecule has 0 unspecified atom stereocenters.